The second-order valence-corrected chi connectivity index (χ2v) is 10.2. The van der Waals surface area contributed by atoms with Crippen molar-refractivity contribution in [2.24, 2.45) is 5.16 Å². The molecule has 0 saturated carbocycles. The molecule has 2 aromatic carbocycles. The van der Waals surface area contributed by atoms with Gasteiger partial charge in [-0.15, -0.1) is 11.3 Å². The molecule has 5 rings (SSSR count). The van der Waals surface area contributed by atoms with Crippen LogP contribution in [0.1, 0.15) is 40.1 Å². The number of benzene rings is 2. The van der Waals surface area contributed by atoms with Gasteiger partial charge in [-0.2, -0.15) is 0 Å². The lowest BCUT2D eigenvalue weighted by Crippen LogP contribution is -2.31. The van der Waals surface area contributed by atoms with Crippen molar-refractivity contribution in [3.8, 4) is 11.1 Å². The van der Waals surface area contributed by atoms with Crippen LogP contribution in [0, 0.1) is 0 Å². The zero-order valence-electron chi connectivity index (χ0n) is 18.3. The van der Waals surface area contributed by atoms with E-state index in [0.29, 0.717) is 22.2 Å². The average molecular weight is 480 g/mol. The largest absolute Gasteiger partial charge is 0.390 e. The van der Waals surface area contributed by atoms with Gasteiger partial charge >= 0.3 is 0 Å². The van der Waals surface area contributed by atoms with Gasteiger partial charge in [-0.25, -0.2) is 0 Å². The van der Waals surface area contributed by atoms with Crippen LogP contribution in [0.5, 0.6) is 0 Å². The van der Waals surface area contributed by atoms with Crippen LogP contribution in [-0.2, 0) is 11.4 Å². The van der Waals surface area contributed by atoms with Crippen LogP contribution in [0.15, 0.2) is 65.8 Å². The first kappa shape index (κ1) is 22.1. The summed E-state index contributed by atoms with van der Waals surface area (Å²) in [6.45, 7) is 3.75. The molecular formula is C26H26ClN3O2S. The Morgan fingerprint density at radius 2 is 1.91 bits per heavy atom. The third-order valence-electron chi connectivity index (χ3n) is 6.14. The summed E-state index contributed by atoms with van der Waals surface area (Å²) in [5, 5.41) is 7.24. The van der Waals surface area contributed by atoms with E-state index in [4.69, 9.17) is 16.4 Å². The Morgan fingerprint density at radius 1 is 1.09 bits per heavy atom. The van der Waals surface area contributed by atoms with E-state index < -0.39 is 0 Å². The van der Waals surface area contributed by atoms with Gasteiger partial charge in [0.05, 0.1) is 21.5 Å². The van der Waals surface area contributed by atoms with Crippen molar-refractivity contribution in [3.63, 3.8) is 0 Å². The van der Waals surface area contributed by atoms with Crippen LogP contribution in [0.25, 0.3) is 11.1 Å². The predicted octanol–water partition coefficient (Wildman–Crippen LogP) is 5.59. The number of oxime groups is 1. The average Bonchev–Trinajstić information content (AvgIpc) is 3.61. The first-order valence-electron chi connectivity index (χ1n) is 11.3. The Balaban J connectivity index is 1.24. The van der Waals surface area contributed by atoms with Crippen molar-refractivity contribution in [1.82, 2.24) is 10.2 Å². The highest BCUT2D eigenvalue weighted by molar-refractivity contribution is 7.18. The molecule has 1 atom stereocenters. The maximum atomic E-state index is 12.3. The fraction of sp³-hybridized carbons (Fsp3) is 0.308. The molecule has 1 aromatic heterocycles. The molecule has 170 valence electrons. The van der Waals surface area contributed by atoms with Gasteiger partial charge in [0.1, 0.15) is 6.10 Å². The quantitative estimate of drug-likeness (QED) is 0.480. The molecule has 0 spiro atoms. The summed E-state index contributed by atoms with van der Waals surface area (Å²) in [5.74, 6) is -0.138. The van der Waals surface area contributed by atoms with Crippen molar-refractivity contribution in [3.05, 3.63) is 81.0 Å². The number of halogens is 1. The van der Waals surface area contributed by atoms with E-state index in [9.17, 15) is 4.79 Å². The molecule has 0 aliphatic carbocycles. The van der Waals surface area contributed by atoms with E-state index in [1.54, 1.807) is 12.1 Å². The Hall–Kier alpha value is -2.67. The molecular weight excluding hydrogens is 454 g/mol. The Labute approximate surface area is 203 Å². The van der Waals surface area contributed by atoms with Crippen molar-refractivity contribution in [1.29, 1.82) is 0 Å². The molecule has 2 aliphatic rings. The first-order valence-corrected chi connectivity index (χ1v) is 12.5. The van der Waals surface area contributed by atoms with Crippen molar-refractivity contribution in [2.45, 2.75) is 31.9 Å². The molecule has 33 heavy (non-hydrogen) atoms. The summed E-state index contributed by atoms with van der Waals surface area (Å²) < 4.78 is 0.602. The maximum absolute atomic E-state index is 12.3. The highest BCUT2D eigenvalue weighted by Crippen LogP contribution is 2.28. The lowest BCUT2D eigenvalue weighted by Gasteiger charge is -2.18. The standard InChI is InChI=1S/C26H26ClN3O2S/c27-25-11-10-24(33-25)26(31)28-16-21-15-23(29-32-21)19-8-5-7-18(14-19)22-9-2-1-6-20(22)17-30-12-3-4-13-30/h1-2,5-11,14,21H,3-4,12-13,15-17H2,(H,28,31). The Bertz CT molecular complexity index is 1170. The highest BCUT2D eigenvalue weighted by Gasteiger charge is 2.24. The minimum Gasteiger partial charge on any atom is -0.390 e. The summed E-state index contributed by atoms with van der Waals surface area (Å²) >= 11 is 7.19. The van der Waals surface area contributed by atoms with E-state index in [1.165, 1.54) is 54.0 Å². The molecule has 1 amide bonds. The minimum absolute atomic E-state index is 0.138. The van der Waals surface area contributed by atoms with E-state index in [-0.39, 0.29) is 12.0 Å². The Kier molecular flexibility index (Phi) is 6.76. The van der Waals surface area contributed by atoms with Gasteiger partial charge < -0.3 is 10.2 Å². The second kappa shape index (κ2) is 10.1. The predicted molar refractivity (Wildman–Crippen MR) is 134 cm³/mol. The van der Waals surface area contributed by atoms with Crippen LogP contribution in [-0.4, -0.2) is 42.3 Å². The number of hydrogen-bond donors (Lipinski definition) is 1. The summed E-state index contributed by atoms with van der Waals surface area (Å²) in [6, 6.07) is 20.6. The fourth-order valence-electron chi connectivity index (χ4n) is 4.43. The van der Waals surface area contributed by atoms with Crippen molar-refractivity contribution < 1.29 is 9.63 Å². The van der Waals surface area contributed by atoms with Crippen LogP contribution < -0.4 is 5.32 Å². The molecule has 3 heterocycles. The number of amides is 1. The van der Waals surface area contributed by atoms with Crippen LogP contribution in [0.4, 0.5) is 0 Å². The second-order valence-electron chi connectivity index (χ2n) is 8.50. The number of nitrogens with one attached hydrogen (secondary N) is 1. The highest BCUT2D eigenvalue weighted by atomic mass is 35.5. The number of nitrogens with zero attached hydrogens (tertiary/aromatic N) is 2. The molecule has 1 N–H and O–H groups in total. The number of carbonyl (C=O) groups excluding carboxylic acids is 1. The number of hydrogen-bond acceptors (Lipinski definition) is 5. The van der Waals surface area contributed by atoms with E-state index in [2.05, 4.69) is 63.9 Å². The SMILES string of the molecule is O=C(NCC1CC(c2cccc(-c3ccccc3CN3CCCC3)c2)=NO1)c1ccc(Cl)s1. The van der Waals surface area contributed by atoms with E-state index in [0.717, 1.165) is 17.8 Å². The van der Waals surface area contributed by atoms with Gasteiger partial charge in [0.15, 0.2) is 0 Å². The molecule has 5 nitrogen and oxygen atoms in total. The molecule has 1 unspecified atom stereocenters. The van der Waals surface area contributed by atoms with Gasteiger partial charge in [0, 0.05) is 18.5 Å². The van der Waals surface area contributed by atoms with Gasteiger partial charge in [0.25, 0.3) is 5.91 Å². The number of thiophene rings is 1. The van der Waals surface area contributed by atoms with Gasteiger partial charge in [0.2, 0.25) is 0 Å². The number of rotatable bonds is 7. The van der Waals surface area contributed by atoms with Crippen LogP contribution in [0.3, 0.4) is 0 Å². The van der Waals surface area contributed by atoms with E-state index >= 15 is 0 Å². The maximum Gasteiger partial charge on any atom is 0.261 e. The normalized spacial score (nSPS) is 18.2. The topological polar surface area (TPSA) is 53.9 Å². The molecule has 7 heteroatoms. The molecule has 1 saturated heterocycles. The zero-order chi connectivity index (χ0) is 22.6. The molecule has 1 fully saturated rings. The van der Waals surface area contributed by atoms with Crippen molar-refractivity contribution >= 4 is 34.6 Å². The number of carbonyl (C=O) groups is 1. The molecule has 0 radical (unpaired) electrons. The van der Waals surface area contributed by atoms with E-state index in [1.807, 2.05) is 0 Å². The molecule has 2 aliphatic heterocycles. The lowest BCUT2D eigenvalue weighted by molar-refractivity contribution is 0.0755. The molecule has 0 bridgehead atoms. The first-order chi connectivity index (χ1) is 16.2. The summed E-state index contributed by atoms with van der Waals surface area (Å²) in [6.07, 6.45) is 3.07. The van der Waals surface area contributed by atoms with Gasteiger partial charge in [-0.1, -0.05) is 59.2 Å². The Morgan fingerprint density at radius 3 is 2.73 bits per heavy atom. The summed E-state index contributed by atoms with van der Waals surface area (Å²) in [7, 11) is 0. The zero-order valence-corrected chi connectivity index (χ0v) is 19.9. The minimum atomic E-state index is -0.175. The number of likely N-dealkylation sites (tertiary alicyclic amines) is 1. The summed E-state index contributed by atoms with van der Waals surface area (Å²) in [5.41, 5.74) is 5.78. The summed E-state index contributed by atoms with van der Waals surface area (Å²) in [4.78, 5) is 21.0. The monoisotopic (exact) mass is 479 g/mol. The third kappa shape index (κ3) is 5.29. The van der Waals surface area contributed by atoms with Crippen LogP contribution >= 0.6 is 22.9 Å². The smallest absolute Gasteiger partial charge is 0.261 e. The van der Waals surface area contributed by atoms with Crippen molar-refractivity contribution in [2.75, 3.05) is 19.6 Å². The van der Waals surface area contributed by atoms with Crippen LogP contribution in [0.2, 0.25) is 4.34 Å². The van der Waals surface area contributed by atoms with Gasteiger partial charge in [-0.3, -0.25) is 9.69 Å². The van der Waals surface area contributed by atoms with Gasteiger partial charge in [-0.05, 0) is 60.8 Å². The fourth-order valence-corrected chi connectivity index (χ4v) is 5.39. The molecule has 3 aromatic rings. The lowest BCUT2D eigenvalue weighted by atomic mass is 9.95. The third-order valence-corrected chi connectivity index (χ3v) is 7.37.